The van der Waals surface area contributed by atoms with Crippen LogP contribution >= 0.6 is 0 Å². The fourth-order valence-electron chi connectivity index (χ4n) is 0.548. The summed E-state index contributed by atoms with van der Waals surface area (Å²) in [6.45, 7) is 0. The summed E-state index contributed by atoms with van der Waals surface area (Å²) in [6.07, 6.45) is 1.30. The number of nitrogens with zero attached hydrogens (tertiary/aromatic N) is 3. The number of nitrogens with one attached hydrogen (secondary N) is 1. The van der Waals surface area contributed by atoms with Crippen LogP contribution in [-0.4, -0.2) is 0 Å². The van der Waals surface area contributed by atoms with Crippen LogP contribution in [0, 0.1) is 10.7 Å². The highest BCUT2D eigenvalue weighted by Gasteiger charge is 2.07. The summed E-state index contributed by atoms with van der Waals surface area (Å²) in [5.41, 5.74) is 6.34. The highest BCUT2D eigenvalue weighted by atomic mass is 16.5. The van der Waals surface area contributed by atoms with Crippen molar-refractivity contribution in [3.8, 4) is 0 Å². The fraction of sp³-hybridized carbons (Fsp3) is 0. The molecule has 1 aromatic heterocycles. The summed E-state index contributed by atoms with van der Waals surface area (Å²) in [7, 11) is 0. The molecule has 1 heterocycles. The van der Waals surface area contributed by atoms with E-state index in [1.54, 1.807) is 12.1 Å². The van der Waals surface area contributed by atoms with Crippen molar-refractivity contribution in [1.82, 2.24) is 4.91 Å². The van der Waals surface area contributed by atoms with Crippen molar-refractivity contribution < 1.29 is 4.73 Å². The third-order valence-corrected chi connectivity index (χ3v) is 0.956. The van der Waals surface area contributed by atoms with Gasteiger partial charge in [0.15, 0.2) is 0 Å². The predicted octanol–water partition coefficient (Wildman–Crippen LogP) is 0.502. The standard InChI is InChI=1S/C5H5N4O/c6-8-7-5-3-1-2-4-9(5)10/h1-4,6H/q+1. The molecule has 10 heavy (non-hydrogen) atoms. The Morgan fingerprint density at radius 2 is 2.40 bits per heavy atom. The molecule has 5 heteroatoms. The molecule has 0 aromatic carbocycles. The molecule has 0 saturated carbocycles. The van der Waals surface area contributed by atoms with E-state index in [-0.39, 0.29) is 5.82 Å². The lowest BCUT2D eigenvalue weighted by molar-refractivity contribution is -0.591. The number of aromatic nitrogens is 1. The highest BCUT2D eigenvalue weighted by molar-refractivity contribution is 5.16. The van der Waals surface area contributed by atoms with E-state index < -0.39 is 0 Å². The third-order valence-electron chi connectivity index (χ3n) is 0.956. The molecular weight excluding hydrogens is 132 g/mol. The Morgan fingerprint density at radius 1 is 1.60 bits per heavy atom. The molecule has 0 aliphatic rings. The number of pyridine rings is 1. The van der Waals surface area contributed by atoms with Crippen molar-refractivity contribution in [3.05, 3.63) is 29.6 Å². The quantitative estimate of drug-likeness (QED) is 0.260. The first-order chi connectivity index (χ1) is 4.84. The van der Waals surface area contributed by atoms with Crippen LogP contribution in [-0.2, 0) is 0 Å². The molecule has 0 aliphatic heterocycles. The summed E-state index contributed by atoms with van der Waals surface area (Å²) < 4.78 is 0.540. The molecule has 0 fully saturated rings. The molecule has 0 bridgehead atoms. The van der Waals surface area contributed by atoms with Gasteiger partial charge in [-0.3, -0.25) is 0 Å². The Kier molecular flexibility index (Phi) is 1.72. The lowest BCUT2D eigenvalue weighted by Crippen LogP contribution is -2.24. The number of rotatable bonds is 1. The van der Waals surface area contributed by atoms with Gasteiger partial charge in [0.25, 0.3) is 0 Å². The molecule has 5 nitrogen and oxygen atoms in total. The van der Waals surface area contributed by atoms with E-state index in [1.807, 2.05) is 0 Å². The van der Waals surface area contributed by atoms with Crippen LogP contribution in [0.3, 0.4) is 0 Å². The van der Waals surface area contributed by atoms with Gasteiger partial charge >= 0.3 is 15.8 Å². The molecular formula is C5H5N4O+. The van der Waals surface area contributed by atoms with Gasteiger partial charge in [-0.2, -0.15) is 0 Å². The lowest BCUT2D eigenvalue weighted by Gasteiger charge is -1.95. The molecule has 50 valence electrons. The SMILES string of the molecule is N=[N+]=Nc1cccc[n+]1[O-]. The van der Waals surface area contributed by atoms with E-state index in [2.05, 4.69) is 10.0 Å². The fourth-order valence-corrected chi connectivity index (χ4v) is 0.548. The minimum absolute atomic E-state index is 0.123. The first kappa shape index (κ1) is 6.38. The topological polar surface area (TPSA) is 77.2 Å². The minimum Gasteiger partial charge on any atom is -0.710 e. The van der Waals surface area contributed by atoms with Gasteiger partial charge in [0.05, 0.1) is 6.20 Å². The highest BCUT2D eigenvalue weighted by Crippen LogP contribution is 1.98. The van der Waals surface area contributed by atoms with Crippen molar-refractivity contribution in [2.24, 2.45) is 5.11 Å². The average molecular weight is 137 g/mol. The van der Waals surface area contributed by atoms with Crippen LogP contribution in [0.5, 0.6) is 0 Å². The number of hydrogen-bond donors (Lipinski definition) is 1. The van der Waals surface area contributed by atoms with Crippen LogP contribution in [0.4, 0.5) is 5.82 Å². The van der Waals surface area contributed by atoms with E-state index in [0.717, 1.165) is 0 Å². The third kappa shape index (κ3) is 1.15. The summed E-state index contributed by atoms with van der Waals surface area (Å²) in [6, 6.07) is 4.71. The van der Waals surface area contributed by atoms with Crippen LogP contribution in [0.25, 0.3) is 0 Å². The second-order valence-electron chi connectivity index (χ2n) is 1.58. The Balaban J connectivity index is 3.14. The Labute approximate surface area is 56.7 Å². The largest absolute Gasteiger partial charge is 0.710 e. The van der Waals surface area contributed by atoms with Gasteiger partial charge in [0.1, 0.15) is 5.53 Å². The van der Waals surface area contributed by atoms with Crippen molar-refractivity contribution in [2.75, 3.05) is 0 Å². The maximum absolute atomic E-state index is 10.7. The second kappa shape index (κ2) is 2.70. The molecule has 0 radical (unpaired) electrons. The number of hydrogen-bond acceptors (Lipinski definition) is 3. The molecule has 1 N–H and O–H groups in total. The van der Waals surface area contributed by atoms with Gasteiger partial charge in [0, 0.05) is 6.07 Å². The van der Waals surface area contributed by atoms with Gasteiger partial charge in [0.2, 0.25) is 0 Å². The van der Waals surface area contributed by atoms with Crippen molar-refractivity contribution >= 4 is 5.82 Å². The summed E-state index contributed by atoms with van der Waals surface area (Å²) in [4.78, 5) is 2.72. The average Bonchev–Trinajstić information content (AvgIpc) is 1.94. The summed E-state index contributed by atoms with van der Waals surface area (Å²) >= 11 is 0. The molecule has 0 atom stereocenters. The molecule has 0 unspecified atom stereocenters. The maximum Gasteiger partial charge on any atom is 0.421 e. The van der Waals surface area contributed by atoms with Crippen LogP contribution < -0.4 is 9.64 Å². The van der Waals surface area contributed by atoms with E-state index in [0.29, 0.717) is 4.73 Å². The van der Waals surface area contributed by atoms with E-state index in [9.17, 15) is 5.21 Å². The van der Waals surface area contributed by atoms with Crippen LogP contribution in [0.15, 0.2) is 29.5 Å². The Bertz CT molecular complexity index is 279. The molecule has 0 amide bonds. The zero-order chi connectivity index (χ0) is 7.40. The maximum atomic E-state index is 10.7. The molecule has 0 spiro atoms. The van der Waals surface area contributed by atoms with Gasteiger partial charge in [-0.15, -0.1) is 0 Å². The monoisotopic (exact) mass is 137 g/mol. The van der Waals surface area contributed by atoms with Crippen LogP contribution in [0.1, 0.15) is 0 Å². The predicted molar refractivity (Wildman–Crippen MR) is 32.3 cm³/mol. The van der Waals surface area contributed by atoms with E-state index in [4.69, 9.17) is 5.53 Å². The summed E-state index contributed by atoms with van der Waals surface area (Å²) in [5.74, 6) is 0.123. The Morgan fingerprint density at radius 3 is 3.00 bits per heavy atom. The van der Waals surface area contributed by atoms with Gasteiger partial charge in [-0.25, -0.2) is 4.73 Å². The molecule has 1 rings (SSSR count). The Hall–Kier alpha value is -1.74. The molecule has 1 aromatic rings. The van der Waals surface area contributed by atoms with Crippen molar-refractivity contribution in [1.29, 1.82) is 5.53 Å². The second-order valence-corrected chi connectivity index (χ2v) is 1.58. The first-order valence-electron chi connectivity index (χ1n) is 2.60. The van der Waals surface area contributed by atoms with Crippen molar-refractivity contribution in [2.45, 2.75) is 0 Å². The zero-order valence-corrected chi connectivity index (χ0v) is 5.06. The van der Waals surface area contributed by atoms with E-state index in [1.165, 1.54) is 12.3 Å². The normalized spacial score (nSPS) is 8.40. The summed E-state index contributed by atoms with van der Waals surface area (Å²) in [5, 5.41) is 13.9. The molecule has 0 saturated heterocycles. The minimum atomic E-state index is 0.123. The molecule has 0 aliphatic carbocycles. The van der Waals surface area contributed by atoms with Gasteiger partial charge < -0.3 is 5.21 Å². The van der Waals surface area contributed by atoms with E-state index >= 15 is 0 Å². The van der Waals surface area contributed by atoms with Crippen molar-refractivity contribution in [3.63, 3.8) is 0 Å². The first-order valence-corrected chi connectivity index (χ1v) is 2.60. The van der Waals surface area contributed by atoms with Gasteiger partial charge in [-0.05, 0) is 6.07 Å². The smallest absolute Gasteiger partial charge is 0.421 e. The van der Waals surface area contributed by atoms with Gasteiger partial charge in [-0.1, -0.05) is 6.07 Å². The lowest BCUT2D eigenvalue weighted by atomic mass is 10.5. The van der Waals surface area contributed by atoms with Crippen LogP contribution in [0.2, 0.25) is 0 Å². The zero-order valence-electron chi connectivity index (χ0n) is 5.06.